The zero-order valence-electron chi connectivity index (χ0n) is 12.1. The van der Waals surface area contributed by atoms with E-state index in [4.69, 9.17) is 11.6 Å². The van der Waals surface area contributed by atoms with Crippen LogP contribution in [0.15, 0.2) is 34.8 Å². The van der Waals surface area contributed by atoms with Gasteiger partial charge in [-0.1, -0.05) is 39.7 Å². The molecule has 3 rings (SSSR count). The Morgan fingerprint density at radius 3 is 2.39 bits per heavy atom. The first kappa shape index (κ1) is 16.2. The van der Waals surface area contributed by atoms with Crippen molar-refractivity contribution in [3.8, 4) is 0 Å². The fourth-order valence-corrected chi connectivity index (χ4v) is 3.67. The molecule has 2 atom stereocenters. The standard InChI is InChI=1S/C16H14BrClN2O3/c17-9-5-6-13(12(18)7-9)19-14(21)8-20-15(22)10-3-1-2-4-11(10)16(20)23/h1-2,5-7,10-11H,3-4,8H2,(H,19,21). The molecule has 1 aliphatic carbocycles. The Morgan fingerprint density at radius 1 is 1.22 bits per heavy atom. The van der Waals surface area contributed by atoms with Crippen molar-refractivity contribution in [2.24, 2.45) is 11.8 Å². The van der Waals surface area contributed by atoms with Crippen molar-refractivity contribution in [3.63, 3.8) is 0 Å². The third-order valence-corrected chi connectivity index (χ3v) is 4.91. The van der Waals surface area contributed by atoms with Gasteiger partial charge < -0.3 is 5.32 Å². The normalized spacial score (nSPS) is 23.1. The third-order valence-electron chi connectivity index (χ3n) is 4.11. The predicted molar refractivity (Wildman–Crippen MR) is 89.9 cm³/mol. The number of fused-ring (bicyclic) bond motifs is 1. The summed E-state index contributed by atoms with van der Waals surface area (Å²) in [5.41, 5.74) is 0.443. The molecule has 3 amide bonds. The lowest BCUT2D eigenvalue weighted by molar-refractivity contribution is -0.142. The van der Waals surface area contributed by atoms with Crippen molar-refractivity contribution in [1.29, 1.82) is 0 Å². The van der Waals surface area contributed by atoms with Gasteiger partial charge in [-0.15, -0.1) is 0 Å². The van der Waals surface area contributed by atoms with E-state index in [0.717, 1.165) is 9.37 Å². The molecule has 2 unspecified atom stereocenters. The number of imide groups is 1. The minimum atomic E-state index is -0.442. The number of hydrogen-bond donors (Lipinski definition) is 1. The van der Waals surface area contributed by atoms with Gasteiger partial charge in [0.1, 0.15) is 6.54 Å². The second-order valence-electron chi connectivity index (χ2n) is 5.59. The van der Waals surface area contributed by atoms with Gasteiger partial charge in [0.25, 0.3) is 0 Å². The number of amides is 3. The third kappa shape index (κ3) is 3.19. The van der Waals surface area contributed by atoms with Gasteiger partial charge in [0, 0.05) is 4.47 Å². The molecule has 1 saturated heterocycles. The van der Waals surface area contributed by atoms with Crippen LogP contribution >= 0.6 is 27.5 Å². The molecule has 1 fully saturated rings. The lowest BCUT2D eigenvalue weighted by atomic mass is 9.85. The number of anilines is 1. The first-order valence-electron chi connectivity index (χ1n) is 7.22. The number of benzene rings is 1. The number of nitrogens with zero attached hydrogens (tertiary/aromatic N) is 1. The highest BCUT2D eigenvalue weighted by atomic mass is 79.9. The lowest BCUT2D eigenvalue weighted by Crippen LogP contribution is -2.38. The maximum atomic E-state index is 12.3. The number of hydrogen-bond acceptors (Lipinski definition) is 3. The second-order valence-corrected chi connectivity index (χ2v) is 6.91. The Hall–Kier alpha value is -1.66. The Balaban J connectivity index is 1.68. The van der Waals surface area contributed by atoms with Crippen molar-refractivity contribution >= 4 is 50.9 Å². The van der Waals surface area contributed by atoms with Crippen molar-refractivity contribution in [3.05, 3.63) is 39.8 Å². The maximum absolute atomic E-state index is 12.3. The maximum Gasteiger partial charge on any atom is 0.244 e. The van der Waals surface area contributed by atoms with Crippen LogP contribution in [0.2, 0.25) is 5.02 Å². The number of carbonyl (C=O) groups is 3. The first-order chi connectivity index (χ1) is 11.0. The van der Waals surface area contributed by atoms with Crippen LogP contribution in [0.4, 0.5) is 5.69 Å². The van der Waals surface area contributed by atoms with E-state index < -0.39 is 5.91 Å². The van der Waals surface area contributed by atoms with E-state index in [1.807, 2.05) is 12.2 Å². The topological polar surface area (TPSA) is 66.5 Å². The van der Waals surface area contributed by atoms with E-state index in [-0.39, 0.29) is 30.2 Å². The number of likely N-dealkylation sites (tertiary alicyclic amines) is 1. The molecule has 0 spiro atoms. The molecule has 5 nitrogen and oxygen atoms in total. The first-order valence-corrected chi connectivity index (χ1v) is 8.39. The van der Waals surface area contributed by atoms with Gasteiger partial charge in [0.05, 0.1) is 22.5 Å². The molecular formula is C16H14BrClN2O3. The van der Waals surface area contributed by atoms with Gasteiger partial charge in [-0.05, 0) is 31.0 Å². The van der Waals surface area contributed by atoms with Crippen molar-refractivity contribution in [2.45, 2.75) is 12.8 Å². The molecule has 23 heavy (non-hydrogen) atoms. The minimum absolute atomic E-state index is 0.263. The van der Waals surface area contributed by atoms with Crippen LogP contribution in [0.1, 0.15) is 12.8 Å². The molecular weight excluding hydrogens is 384 g/mol. The molecule has 2 aliphatic rings. The Labute approximate surface area is 146 Å². The van der Waals surface area contributed by atoms with E-state index in [9.17, 15) is 14.4 Å². The summed E-state index contributed by atoms with van der Waals surface area (Å²) in [6.45, 7) is -0.281. The molecule has 1 aliphatic heterocycles. The number of nitrogens with one attached hydrogen (secondary N) is 1. The zero-order valence-corrected chi connectivity index (χ0v) is 14.4. The van der Waals surface area contributed by atoms with Crippen LogP contribution in [0, 0.1) is 11.8 Å². The van der Waals surface area contributed by atoms with Gasteiger partial charge in [-0.2, -0.15) is 0 Å². The minimum Gasteiger partial charge on any atom is -0.323 e. The molecule has 1 heterocycles. The summed E-state index contributed by atoms with van der Waals surface area (Å²) < 4.78 is 0.793. The largest absolute Gasteiger partial charge is 0.323 e. The summed E-state index contributed by atoms with van der Waals surface area (Å²) in [5, 5.41) is 3.01. The average molecular weight is 398 g/mol. The number of allylic oxidation sites excluding steroid dienone is 2. The van der Waals surface area contributed by atoms with E-state index in [1.165, 1.54) is 0 Å². The molecule has 1 N–H and O–H groups in total. The summed E-state index contributed by atoms with van der Waals surface area (Å²) >= 11 is 9.33. The smallest absolute Gasteiger partial charge is 0.244 e. The number of carbonyl (C=O) groups excluding carboxylic acids is 3. The molecule has 1 aromatic rings. The summed E-state index contributed by atoms with van der Waals surface area (Å²) in [6.07, 6.45) is 4.95. The molecule has 0 radical (unpaired) electrons. The zero-order chi connectivity index (χ0) is 16.6. The molecule has 7 heteroatoms. The number of rotatable bonds is 3. The summed E-state index contributed by atoms with van der Waals surface area (Å²) in [6, 6.07) is 5.05. The van der Waals surface area contributed by atoms with Gasteiger partial charge in [-0.3, -0.25) is 19.3 Å². The van der Waals surface area contributed by atoms with Crippen LogP contribution in [-0.2, 0) is 14.4 Å². The molecule has 0 saturated carbocycles. The molecule has 120 valence electrons. The molecule has 1 aromatic carbocycles. The fraction of sp³-hybridized carbons (Fsp3) is 0.312. The van der Waals surface area contributed by atoms with Gasteiger partial charge in [-0.25, -0.2) is 0 Å². The van der Waals surface area contributed by atoms with Crippen molar-refractivity contribution in [2.75, 3.05) is 11.9 Å². The van der Waals surface area contributed by atoms with Crippen molar-refractivity contribution < 1.29 is 14.4 Å². The Morgan fingerprint density at radius 2 is 1.83 bits per heavy atom. The van der Waals surface area contributed by atoms with E-state index in [0.29, 0.717) is 23.6 Å². The summed E-state index contributed by atoms with van der Waals surface area (Å²) in [4.78, 5) is 37.8. The molecule has 0 bridgehead atoms. The highest BCUT2D eigenvalue weighted by Gasteiger charge is 2.47. The summed E-state index contributed by atoms with van der Waals surface area (Å²) in [5.74, 6) is -1.61. The van der Waals surface area contributed by atoms with E-state index in [2.05, 4.69) is 21.2 Å². The fourth-order valence-electron chi connectivity index (χ4n) is 2.95. The summed E-state index contributed by atoms with van der Waals surface area (Å²) in [7, 11) is 0. The van der Waals surface area contributed by atoms with Crippen LogP contribution in [-0.4, -0.2) is 29.2 Å². The van der Waals surface area contributed by atoms with Crippen LogP contribution in [0.5, 0.6) is 0 Å². The van der Waals surface area contributed by atoms with E-state index in [1.54, 1.807) is 18.2 Å². The molecule has 0 aromatic heterocycles. The quantitative estimate of drug-likeness (QED) is 0.630. The Kier molecular flexibility index (Phi) is 4.55. The lowest BCUT2D eigenvalue weighted by Gasteiger charge is -2.15. The highest BCUT2D eigenvalue weighted by Crippen LogP contribution is 2.35. The monoisotopic (exact) mass is 396 g/mol. The van der Waals surface area contributed by atoms with Gasteiger partial charge in [0.2, 0.25) is 17.7 Å². The SMILES string of the molecule is O=C(CN1C(=O)C2CC=CCC2C1=O)Nc1ccc(Br)cc1Cl. The van der Waals surface area contributed by atoms with Gasteiger partial charge in [0.15, 0.2) is 0 Å². The average Bonchev–Trinajstić information content (AvgIpc) is 2.76. The second kappa shape index (κ2) is 6.45. The van der Waals surface area contributed by atoms with Crippen LogP contribution < -0.4 is 5.32 Å². The highest BCUT2D eigenvalue weighted by molar-refractivity contribution is 9.10. The van der Waals surface area contributed by atoms with E-state index >= 15 is 0 Å². The Bertz CT molecular complexity index is 693. The van der Waals surface area contributed by atoms with Crippen LogP contribution in [0.25, 0.3) is 0 Å². The van der Waals surface area contributed by atoms with Crippen LogP contribution in [0.3, 0.4) is 0 Å². The predicted octanol–water partition coefficient (Wildman–Crippen LogP) is 2.99. The number of halogens is 2. The van der Waals surface area contributed by atoms with Gasteiger partial charge >= 0.3 is 0 Å². The van der Waals surface area contributed by atoms with Crippen molar-refractivity contribution in [1.82, 2.24) is 4.90 Å².